The van der Waals surface area contributed by atoms with Crippen LogP contribution >= 0.6 is 11.6 Å². The predicted octanol–water partition coefficient (Wildman–Crippen LogP) is 5.21. The highest BCUT2D eigenvalue weighted by atomic mass is 35.5. The highest BCUT2D eigenvalue weighted by Gasteiger charge is 2.37. The maximum absolute atomic E-state index is 14.2. The molecule has 2 atom stereocenters. The van der Waals surface area contributed by atoms with Crippen molar-refractivity contribution >= 4 is 41.1 Å². The number of hydrogen-bond donors (Lipinski definition) is 4. The van der Waals surface area contributed by atoms with Gasteiger partial charge in [0.2, 0.25) is 11.8 Å². The second-order valence-corrected chi connectivity index (χ2v) is 11.2. The number of carbonyl (C=O) groups is 4. The Hall–Kier alpha value is -3.79. The molecule has 0 bridgehead atoms. The molecule has 11 heteroatoms. The van der Waals surface area contributed by atoms with Gasteiger partial charge in [0.05, 0.1) is 10.7 Å². The Morgan fingerprint density at radius 1 is 1.07 bits per heavy atom. The number of halogens is 1. The van der Waals surface area contributed by atoms with Crippen LogP contribution in [-0.4, -0.2) is 52.0 Å². The first kappa shape index (κ1) is 33.4. The molecule has 0 saturated carbocycles. The summed E-state index contributed by atoms with van der Waals surface area (Å²) in [5.41, 5.74) is 5.79. The van der Waals surface area contributed by atoms with Gasteiger partial charge in [0, 0.05) is 18.5 Å². The Labute approximate surface area is 246 Å². The normalized spacial score (nSPS) is 12.6. The molecule has 5 N–H and O–H groups in total. The number of hydrogen-bond acceptors (Lipinski definition) is 6. The van der Waals surface area contributed by atoms with E-state index in [1.165, 1.54) is 11.0 Å². The van der Waals surface area contributed by atoms with Gasteiger partial charge in [-0.15, -0.1) is 0 Å². The first-order valence-corrected chi connectivity index (χ1v) is 14.0. The van der Waals surface area contributed by atoms with Gasteiger partial charge in [0.25, 0.3) is 5.91 Å². The molecule has 0 aliphatic carbocycles. The molecule has 2 unspecified atom stereocenters. The summed E-state index contributed by atoms with van der Waals surface area (Å²) in [7, 11) is 0. The van der Waals surface area contributed by atoms with Crippen molar-refractivity contribution in [2.24, 2.45) is 5.73 Å². The van der Waals surface area contributed by atoms with Crippen LogP contribution in [0.25, 0.3) is 0 Å². The number of aryl methyl sites for hydroxylation is 1. The number of phenolic OH excluding ortho intramolecular Hbond substituents is 1. The molecule has 0 saturated heterocycles. The number of unbranched alkanes of at least 4 members (excludes halogenated alkanes) is 2. The number of alkyl carbamates (subject to hydrolysis) is 1. The van der Waals surface area contributed by atoms with Crippen LogP contribution < -0.4 is 16.4 Å². The molecule has 0 aliphatic rings. The first-order chi connectivity index (χ1) is 19.2. The van der Waals surface area contributed by atoms with Gasteiger partial charge in [0.15, 0.2) is 0 Å². The van der Waals surface area contributed by atoms with Crippen LogP contribution in [0.2, 0.25) is 5.02 Å². The number of nitrogens with two attached hydrogens (primary N) is 1. The lowest BCUT2D eigenvalue weighted by Crippen LogP contribution is -2.53. The zero-order chi connectivity index (χ0) is 30.7. The van der Waals surface area contributed by atoms with E-state index >= 15 is 0 Å². The van der Waals surface area contributed by atoms with Crippen molar-refractivity contribution in [3.8, 4) is 5.75 Å². The van der Waals surface area contributed by atoms with E-state index in [2.05, 4.69) is 10.6 Å². The number of nitrogens with one attached hydrogen (secondary N) is 2. The lowest BCUT2D eigenvalue weighted by Gasteiger charge is -2.35. The van der Waals surface area contributed by atoms with E-state index in [9.17, 15) is 24.3 Å². The minimum Gasteiger partial charge on any atom is -0.508 e. The fourth-order valence-corrected chi connectivity index (χ4v) is 4.51. The Balaban J connectivity index is 2.60. The Kier molecular flexibility index (Phi) is 12.5. The second kappa shape index (κ2) is 15.3. The molecule has 4 amide bonds. The van der Waals surface area contributed by atoms with Gasteiger partial charge in [-0.25, -0.2) is 4.79 Å². The number of anilines is 1. The van der Waals surface area contributed by atoms with Gasteiger partial charge in [-0.05, 0) is 58.2 Å². The summed E-state index contributed by atoms with van der Waals surface area (Å²) in [6.45, 7) is 8.95. The lowest BCUT2D eigenvalue weighted by molar-refractivity contribution is -0.141. The van der Waals surface area contributed by atoms with E-state index in [-0.39, 0.29) is 30.7 Å². The van der Waals surface area contributed by atoms with E-state index in [0.29, 0.717) is 22.7 Å². The number of para-hydroxylation sites is 2. The number of amides is 4. The molecule has 0 aromatic heterocycles. The Morgan fingerprint density at radius 3 is 2.34 bits per heavy atom. The first-order valence-electron chi connectivity index (χ1n) is 13.7. The smallest absolute Gasteiger partial charge is 0.408 e. The number of carbonyl (C=O) groups excluding carboxylic acids is 4. The molecular weight excluding hydrogens is 548 g/mol. The van der Waals surface area contributed by atoms with Crippen LogP contribution in [0.15, 0.2) is 42.5 Å². The average molecular weight is 589 g/mol. The van der Waals surface area contributed by atoms with Crippen LogP contribution in [0.1, 0.15) is 77.0 Å². The Morgan fingerprint density at radius 2 is 1.76 bits per heavy atom. The van der Waals surface area contributed by atoms with Crippen molar-refractivity contribution < 1.29 is 29.0 Å². The van der Waals surface area contributed by atoms with Crippen LogP contribution in [-0.2, 0) is 19.1 Å². The van der Waals surface area contributed by atoms with Crippen LogP contribution in [0.4, 0.5) is 10.5 Å². The van der Waals surface area contributed by atoms with E-state index in [0.717, 1.165) is 12.8 Å². The highest BCUT2D eigenvalue weighted by Crippen LogP contribution is 2.33. The number of nitrogens with zero attached hydrogens (tertiary/aromatic N) is 1. The van der Waals surface area contributed by atoms with Crippen molar-refractivity contribution in [1.29, 1.82) is 0 Å². The van der Waals surface area contributed by atoms with Crippen molar-refractivity contribution in [1.82, 2.24) is 10.2 Å². The SMILES string of the molecule is CCCCCN(C(=O)C(CCC(N)=O)NC(=O)OC(C)(C)C)C(C(=O)Nc1c(C)cccc1Cl)c1ccccc1O. The number of benzene rings is 2. The number of ether oxygens (including phenoxy) is 1. The van der Waals surface area contributed by atoms with E-state index in [1.807, 2.05) is 6.92 Å². The second-order valence-electron chi connectivity index (χ2n) is 10.8. The number of aromatic hydroxyl groups is 1. The summed E-state index contributed by atoms with van der Waals surface area (Å²) >= 11 is 6.38. The summed E-state index contributed by atoms with van der Waals surface area (Å²) in [4.78, 5) is 53.8. The largest absolute Gasteiger partial charge is 0.508 e. The molecule has 2 aromatic carbocycles. The summed E-state index contributed by atoms with van der Waals surface area (Å²) in [5.74, 6) is -2.09. The fourth-order valence-electron chi connectivity index (χ4n) is 4.24. The van der Waals surface area contributed by atoms with Gasteiger partial charge in [-0.1, -0.05) is 61.7 Å². The van der Waals surface area contributed by atoms with Gasteiger partial charge < -0.3 is 31.1 Å². The third kappa shape index (κ3) is 10.3. The maximum Gasteiger partial charge on any atom is 0.408 e. The van der Waals surface area contributed by atoms with E-state index < -0.39 is 41.5 Å². The standard InChI is InChI=1S/C30H41ClN4O6/c1-6-7-10-18-35(28(39)22(16-17-24(32)37)33-29(40)41-30(3,4)5)26(20-13-8-9-15-23(20)36)27(38)34-25-19(2)12-11-14-21(25)31/h8-9,11-15,22,26,36H,6-7,10,16-18H2,1-5H3,(H2,32,37)(H,33,40)(H,34,38). The molecule has 0 radical (unpaired) electrons. The van der Waals surface area contributed by atoms with Gasteiger partial charge in [-0.3, -0.25) is 14.4 Å². The molecule has 2 rings (SSSR count). The zero-order valence-corrected chi connectivity index (χ0v) is 25.1. The average Bonchev–Trinajstić information content (AvgIpc) is 2.87. The van der Waals surface area contributed by atoms with Crippen LogP contribution in [0, 0.1) is 6.92 Å². The van der Waals surface area contributed by atoms with Crippen LogP contribution in [0.5, 0.6) is 5.75 Å². The van der Waals surface area contributed by atoms with Gasteiger partial charge in [-0.2, -0.15) is 0 Å². The quantitative estimate of drug-likeness (QED) is 0.236. The summed E-state index contributed by atoms with van der Waals surface area (Å²) in [6.07, 6.45) is 0.977. The van der Waals surface area contributed by atoms with Crippen molar-refractivity contribution in [3.63, 3.8) is 0 Å². The van der Waals surface area contributed by atoms with E-state index in [4.69, 9.17) is 22.1 Å². The molecule has 0 fully saturated rings. The van der Waals surface area contributed by atoms with Crippen molar-refractivity contribution in [3.05, 3.63) is 58.6 Å². The molecule has 0 spiro atoms. The van der Waals surface area contributed by atoms with Gasteiger partial charge >= 0.3 is 6.09 Å². The number of primary amides is 1. The lowest BCUT2D eigenvalue weighted by atomic mass is 9.99. The monoisotopic (exact) mass is 588 g/mol. The van der Waals surface area contributed by atoms with E-state index in [1.54, 1.807) is 64.1 Å². The predicted molar refractivity (Wildman–Crippen MR) is 158 cm³/mol. The maximum atomic E-state index is 14.2. The topological polar surface area (TPSA) is 151 Å². The third-order valence-electron chi connectivity index (χ3n) is 6.22. The molecule has 2 aromatic rings. The summed E-state index contributed by atoms with van der Waals surface area (Å²) in [5, 5.41) is 16.5. The third-order valence-corrected chi connectivity index (χ3v) is 6.53. The molecule has 0 aliphatic heterocycles. The zero-order valence-electron chi connectivity index (χ0n) is 24.3. The minimum atomic E-state index is -1.30. The molecule has 224 valence electrons. The number of phenols is 1. The molecular formula is C30H41ClN4O6. The summed E-state index contributed by atoms with van der Waals surface area (Å²) < 4.78 is 5.35. The molecule has 10 nitrogen and oxygen atoms in total. The van der Waals surface area contributed by atoms with Gasteiger partial charge in [0.1, 0.15) is 23.4 Å². The minimum absolute atomic E-state index is 0.115. The molecule has 0 heterocycles. The van der Waals surface area contributed by atoms with Crippen molar-refractivity contribution in [2.75, 3.05) is 11.9 Å². The van der Waals surface area contributed by atoms with Crippen molar-refractivity contribution in [2.45, 2.75) is 84.4 Å². The fraction of sp³-hybridized carbons (Fsp3) is 0.467. The molecule has 41 heavy (non-hydrogen) atoms. The summed E-state index contributed by atoms with van der Waals surface area (Å²) in [6, 6.07) is 8.87. The highest BCUT2D eigenvalue weighted by molar-refractivity contribution is 6.34. The van der Waals surface area contributed by atoms with Crippen LogP contribution in [0.3, 0.4) is 0 Å². The Bertz CT molecular complexity index is 1210. The number of rotatable bonds is 13.